The molecule has 6 heteroatoms. The van der Waals surface area contributed by atoms with Crippen LogP contribution in [0, 0.1) is 0 Å². The molecule has 2 amide bonds. The first-order valence-corrected chi connectivity index (χ1v) is 5.64. The van der Waals surface area contributed by atoms with Crippen LogP contribution in [0.15, 0.2) is 47.2 Å². The molecule has 2 N–H and O–H groups in total. The van der Waals surface area contributed by atoms with Crippen LogP contribution < -0.4 is 10.6 Å². The molecule has 0 aliphatic carbocycles. The summed E-state index contributed by atoms with van der Waals surface area (Å²) in [6.45, 7) is 0. The lowest BCUT2D eigenvalue weighted by Crippen LogP contribution is -2.20. The molecule has 0 atom stereocenters. The van der Waals surface area contributed by atoms with Gasteiger partial charge in [-0.05, 0) is 24.3 Å². The van der Waals surface area contributed by atoms with Gasteiger partial charge in [0, 0.05) is 22.6 Å². The number of urea groups is 1. The zero-order valence-electron chi connectivity index (χ0n) is 8.72. The van der Waals surface area contributed by atoms with E-state index in [2.05, 4.69) is 36.5 Å². The lowest BCUT2D eigenvalue weighted by Gasteiger charge is -2.06. The zero-order valence-corrected chi connectivity index (χ0v) is 10.3. The molecule has 2 aromatic rings. The number of carbonyl (C=O) groups is 1. The maximum atomic E-state index is 11.6. The SMILES string of the molecule is O=C(Nc1cccc(Br)c1)Nc1ncccn1. The molecule has 86 valence electrons. The molecule has 0 spiro atoms. The van der Waals surface area contributed by atoms with Gasteiger partial charge in [0.15, 0.2) is 0 Å². The second-order valence-corrected chi connectivity index (χ2v) is 4.08. The van der Waals surface area contributed by atoms with Crippen molar-refractivity contribution in [2.24, 2.45) is 0 Å². The highest BCUT2D eigenvalue weighted by atomic mass is 79.9. The number of rotatable bonds is 2. The average Bonchev–Trinajstić information content (AvgIpc) is 2.30. The van der Waals surface area contributed by atoms with E-state index in [4.69, 9.17) is 0 Å². The Kier molecular flexibility index (Phi) is 3.66. The lowest BCUT2D eigenvalue weighted by atomic mass is 10.3. The summed E-state index contributed by atoms with van der Waals surface area (Å²) in [6, 6.07) is 8.59. The van der Waals surface area contributed by atoms with Gasteiger partial charge in [-0.2, -0.15) is 0 Å². The van der Waals surface area contributed by atoms with E-state index in [9.17, 15) is 4.79 Å². The van der Waals surface area contributed by atoms with E-state index in [0.29, 0.717) is 5.69 Å². The van der Waals surface area contributed by atoms with Crippen molar-refractivity contribution in [1.29, 1.82) is 0 Å². The summed E-state index contributed by atoms with van der Waals surface area (Å²) in [7, 11) is 0. The topological polar surface area (TPSA) is 66.9 Å². The van der Waals surface area contributed by atoms with Crippen LogP contribution in [0.4, 0.5) is 16.4 Å². The number of aromatic nitrogens is 2. The molecule has 0 radical (unpaired) electrons. The van der Waals surface area contributed by atoms with Crippen molar-refractivity contribution >= 4 is 33.6 Å². The summed E-state index contributed by atoms with van der Waals surface area (Å²) in [5, 5.41) is 5.19. The van der Waals surface area contributed by atoms with Crippen LogP contribution in [0.1, 0.15) is 0 Å². The maximum Gasteiger partial charge on any atom is 0.326 e. The van der Waals surface area contributed by atoms with Gasteiger partial charge in [-0.3, -0.25) is 5.32 Å². The van der Waals surface area contributed by atoms with Crippen molar-refractivity contribution in [3.63, 3.8) is 0 Å². The first kappa shape index (κ1) is 11.5. The summed E-state index contributed by atoms with van der Waals surface area (Å²) in [4.78, 5) is 19.3. The number of nitrogens with zero attached hydrogens (tertiary/aromatic N) is 2. The molecule has 0 saturated heterocycles. The predicted molar refractivity (Wildman–Crippen MR) is 68.8 cm³/mol. The standard InChI is InChI=1S/C11H9BrN4O/c12-8-3-1-4-9(7-8)15-11(17)16-10-13-5-2-6-14-10/h1-7H,(H2,13,14,15,16,17). The van der Waals surface area contributed by atoms with Crippen molar-refractivity contribution in [3.8, 4) is 0 Å². The number of hydrogen-bond donors (Lipinski definition) is 2. The van der Waals surface area contributed by atoms with Crippen LogP contribution in [0.2, 0.25) is 0 Å². The molecule has 1 heterocycles. The van der Waals surface area contributed by atoms with Gasteiger partial charge >= 0.3 is 6.03 Å². The summed E-state index contributed by atoms with van der Waals surface area (Å²) >= 11 is 3.32. The van der Waals surface area contributed by atoms with Gasteiger partial charge in [0.05, 0.1) is 0 Å². The molecule has 0 bridgehead atoms. The fourth-order valence-electron chi connectivity index (χ4n) is 1.19. The summed E-state index contributed by atoms with van der Waals surface area (Å²) < 4.78 is 0.895. The third kappa shape index (κ3) is 3.53. The van der Waals surface area contributed by atoms with Crippen LogP contribution in [-0.2, 0) is 0 Å². The molecule has 1 aromatic heterocycles. The highest BCUT2D eigenvalue weighted by Gasteiger charge is 2.03. The van der Waals surface area contributed by atoms with E-state index < -0.39 is 0 Å². The van der Waals surface area contributed by atoms with E-state index in [1.807, 2.05) is 12.1 Å². The van der Waals surface area contributed by atoms with Crippen LogP contribution in [0.5, 0.6) is 0 Å². The Morgan fingerprint density at radius 3 is 2.59 bits per heavy atom. The predicted octanol–water partition coefficient (Wildman–Crippen LogP) is 2.88. The van der Waals surface area contributed by atoms with Crippen LogP contribution in [-0.4, -0.2) is 16.0 Å². The van der Waals surface area contributed by atoms with Gasteiger partial charge in [-0.25, -0.2) is 14.8 Å². The second-order valence-electron chi connectivity index (χ2n) is 3.16. The Balaban J connectivity index is 1.98. The van der Waals surface area contributed by atoms with Crippen molar-refractivity contribution in [3.05, 3.63) is 47.2 Å². The van der Waals surface area contributed by atoms with E-state index in [-0.39, 0.29) is 12.0 Å². The largest absolute Gasteiger partial charge is 0.326 e. The second kappa shape index (κ2) is 5.40. The number of anilines is 2. The third-order valence-corrected chi connectivity index (χ3v) is 2.37. The zero-order chi connectivity index (χ0) is 12.1. The normalized spacial score (nSPS) is 9.71. The van der Waals surface area contributed by atoms with Gasteiger partial charge in [0.2, 0.25) is 5.95 Å². The molecule has 0 aliphatic rings. The summed E-state index contributed by atoms with van der Waals surface area (Å²) in [5.41, 5.74) is 0.688. The third-order valence-electron chi connectivity index (χ3n) is 1.87. The molecule has 1 aromatic carbocycles. The van der Waals surface area contributed by atoms with Crippen molar-refractivity contribution in [2.45, 2.75) is 0 Å². The molecule has 0 aliphatic heterocycles. The minimum absolute atomic E-state index is 0.264. The lowest BCUT2D eigenvalue weighted by molar-refractivity contribution is 0.262. The van der Waals surface area contributed by atoms with Crippen molar-refractivity contribution in [1.82, 2.24) is 9.97 Å². The maximum absolute atomic E-state index is 11.6. The molecule has 17 heavy (non-hydrogen) atoms. The Bertz CT molecular complexity index is 518. The monoisotopic (exact) mass is 292 g/mol. The quantitative estimate of drug-likeness (QED) is 0.894. The van der Waals surface area contributed by atoms with E-state index >= 15 is 0 Å². The number of benzene rings is 1. The highest BCUT2D eigenvalue weighted by molar-refractivity contribution is 9.10. The van der Waals surface area contributed by atoms with Crippen LogP contribution in [0.25, 0.3) is 0 Å². The minimum Gasteiger partial charge on any atom is -0.308 e. The van der Waals surface area contributed by atoms with Gasteiger partial charge in [-0.1, -0.05) is 22.0 Å². The number of hydrogen-bond acceptors (Lipinski definition) is 3. The Morgan fingerprint density at radius 2 is 1.88 bits per heavy atom. The minimum atomic E-state index is -0.380. The Morgan fingerprint density at radius 1 is 1.12 bits per heavy atom. The summed E-state index contributed by atoms with van der Waals surface area (Å²) in [6.07, 6.45) is 3.11. The fourth-order valence-corrected chi connectivity index (χ4v) is 1.59. The molecule has 0 saturated carbocycles. The smallest absolute Gasteiger partial charge is 0.308 e. The van der Waals surface area contributed by atoms with Gasteiger partial charge in [0.1, 0.15) is 0 Å². The number of carbonyl (C=O) groups excluding carboxylic acids is 1. The van der Waals surface area contributed by atoms with Gasteiger partial charge in [0.25, 0.3) is 0 Å². The van der Waals surface area contributed by atoms with E-state index in [1.165, 1.54) is 0 Å². The first-order chi connectivity index (χ1) is 8.24. The van der Waals surface area contributed by atoms with Crippen LogP contribution >= 0.6 is 15.9 Å². The van der Waals surface area contributed by atoms with E-state index in [0.717, 1.165) is 4.47 Å². The molecule has 5 nitrogen and oxygen atoms in total. The Hall–Kier alpha value is -1.95. The fraction of sp³-hybridized carbons (Fsp3) is 0. The van der Waals surface area contributed by atoms with Crippen molar-refractivity contribution in [2.75, 3.05) is 10.6 Å². The number of amides is 2. The Labute approximate surface area is 106 Å². The van der Waals surface area contributed by atoms with E-state index in [1.54, 1.807) is 30.6 Å². The molecule has 0 unspecified atom stereocenters. The first-order valence-electron chi connectivity index (χ1n) is 4.84. The highest BCUT2D eigenvalue weighted by Crippen LogP contribution is 2.15. The van der Waals surface area contributed by atoms with Crippen LogP contribution in [0.3, 0.4) is 0 Å². The van der Waals surface area contributed by atoms with Gasteiger partial charge in [-0.15, -0.1) is 0 Å². The molecular formula is C11H9BrN4O. The van der Waals surface area contributed by atoms with Crippen molar-refractivity contribution < 1.29 is 4.79 Å². The number of nitrogens with one attached hydrogen (secondary N) is 2. The van der Waals surface area contributed by atoms with Gasteiger partial charge < -0.3 is 5.32 Å². The molecule has 2 rings (SSSR count). The molecule has 0 fully saturated rings. The average molecular weight is 293 g/mol. The summed E-state index contributed by atoms with van der Waals surface area (Å²) in [5.74, 6) is 0.264. The number of halogens is 1. The molecular weight excluding hydrogens is 284 g/mol.